The number of aliphatic hydroxyl groups excluding tert-OH is 1. The minimum absolute atomic E-state index is 0. The minimum Gasteiger partial charge on any atom is -0.396 e. The molecule has 0 radical (unpaired) electrons. The normalized spacial score (nSPS) is 23.7. The second-order valence-corrected chi connectivity index (χ2v) is 7.28. The molecular weight excluding hydrogens is 429 g/mol. The molecule has 0 spiro atoms. The molecule has 2 heterocycles. The third kappa shape index (κ3) is 5.84. The van der Waals surface area contributed by atoms with Crippen LogP contribution in [0, 0.1) is 11.3 Å². The summed E-state index contributed by atoms with van der Waals surface area (Å²) in [5.74, 6) is 1.58. The number of halogens is 1. The Hall–Kier alpha value is -0.830. The van der Waals surface area contributed by atoms with E-state index in [2.05, 4.69) is 53.7 Å². The van der Waals surface area contributed by atoms with Crippen molar-refractivity contribution in [1.29, 1.82) is 0 Å². The number of hydrogen-bond acceptors (Lipinski definition) is 3. The van der Waals surface area contributed by atoms with Crippen LogP contribution < -0.4 is 5.32 Å². The Kier molecular flexibility index (Phi) is 9.20. The van der Waals surface area contributed by atoms with Gasteiger partial charge in [0.1, 0.15) is 0 Å². The average Bonchev–Trinajstić information content (AvgIpc) is 3.13. The summed E-state index contributed by atoms with van der Waals surface area (Å²) in [6, 6.07) is 0.417. The van der Waals surface area contributed by atoms with Gasteiger partial charge in [0, 0.05) is 37.4 Å². The summed E-state index contributed by atoms with van der Waals surface area (Å²) < 4.78 is 2.21. The lowest BCUT2D eigenvalue weighted by molar-refractivity contribution is 0.144. The van der Waals surface area contributed by atoms with Gasteiger partial charge in [-0.1, -0.05) is 20.8 Å². The van der Waals surface area contributed by atoms with Crippen LogP contribution in [0.5, 0.6) is 0 Å². The average molecular weight is 463 g/mol. The summed E-state index contributed by atoms with van der Waals surface area (Å²) in [5, 5.41) is 13.0. The molecule has 1 aromatic heterocycles. The van der Waals surface area contributed by atoms with E-state index < -0.39 is 0 Å². The number of aliphatic hydroxyl groups is 1. The van der Waals surface area contributed by atoms with Crippen LogP contribution in [-0.4, -0.2) is 58.3 Å². The van der Waals surface area contributed by atoms with Crippen LogP contribution in [0.3, 0.4) is 0 Å². The van der Waals surface area contributed by atoms with Crippen molar-refractivity contribution in [2.24, 2.45) is 16.3 Å². The zero-order chi connectivity index (χ0) is 17.6. The highest BCUT2D eigenvalue weighted by molar-refractivity contribution is 14.0. The molecule has 1 fully saturated rings. The molecule has 1 saturated heterocycles. The maximum absolute atomic E-state index is 9.63. The van der Waals surface area contributed by atoms with Gasteiger partial charge in [0.15, 0.2) is 5.96 Å². The molecule has 7 heteroatoms. The number of nitrogens with zero attached hydrogens (tertiary/aromatic N) is 4. The van der Waals surface area contributed by atoms with Gasteiger partial charge in [-0.05, 0) is 25.7 Å². The molecule has 1 aliphatic rings. The molecule has 0 amide bonds. The van der Waals surface area contributed by atoms with Gasteiger partial charge in [-0.25, -0.2) is 4.98 Å². The van der Waals surface area contributed by atoms with Crippen molar-refractivity contribution in [2.75, 3.05) is 32.8 Å². The maximum atomic E-state index is 9.63. The van der Waals surface area contributed by atoms with Crippen LogP contribution in [-0.2, 0) is 0 Å². The first-order valence-corrected chi connectivity index (χ1v) is 9.14. The van der Waals surface area contributed by atoms with Crippen molar-refractivity contribution in [2.45, 2.75) is 46.6 Å². The van der Waals surface area contributed by atoms with E-state index in [1.807, 2.05) is 12.5 Å². The van der Waals surface area contributed by atoms with Crippen molar-refractivity contribution in [3.63, 3.8) is 0 Å². The Bertz CT molecular complexity index is 516. The largest absolute Gasteiger partial charge is 0.396 e. The molecule has 0 saturated carbocycles. The van der Waals surface area contributed by atoms with Crippen LogP contribution in [0.15, 0.2) is 23.7 Å². The van der Waals surface area contributed by atoms with Gasteiger partial charge in [-0.2, -0.15) is 0 Å². The quantitative estimate of drug-likeness (QED) is 0.387. The van der Waals surface area contributed by atoms with Crippen LogP contribution >= 0.6 is 24.0 Å². The predicted molar refractivity (Wildman–Crippen MR) is 113 cm³/mol. The Morgan fingerprint density at radius 1 is 1.44 bits per heavy atom. The van der Waals surface area contributed by atoms with E-state index in [9.17, 15) is 5.11 Å². The number of piperidine rings is 1. The molecule has 144 valence electrons. The topological polar surface area (TPSA) is 65.7 Å². The van der Waals surface area contributed by atoms with Gasteiger partial charge in [-0.3, -0.25) is 4.99 Å². The zero-order valence-corrected chi connectivity index (χ0v) is 18.3. The van der Waals surface area contributed by atoms with Gasteiger partial charge in [0.2, 0.25) is 0 Å². The lowest BCUT2D eigenvalue weighted by atomic mass is 9.89. The Balaban J connectivity index is 0.00000312. The number of rotatable bonds is 6. The highest BCUT2D eigenvalue weighted by atomic mass is 127. The lowest BCUT2D eigenvalue weighted by Gasteiger charge is -2.39. The molecule has 2 rings (SSSR count). The molecule has 25 heavy (non-hydrogen) atoms. The van der Waals surface area contributed by atoms with Gasteiger partial charge in [0.05, 0.1) is 25.5 Å². The SMILES string of the molecule is CCNC(=NCC(C)(CC)CO)N1CCC(C)C(n2ccnc2)C1.I. The van der Waals surface area contributed by atoms with E-state index in [0.29, 0.717) is 18.5 Å². The predicted octanol–water partition coefficient (Wildman–Crippen LogP) is 2.76. The minimum atomic E-state index is -0.145. The van der Waals surface area contributed by atoms with Gasteiger partial charge >= 0.3 is 0 Å². The van der Waals surface area contributed by atoms with E-state index in [0.717, 1.165) is 38.4 Å². The Morgan fingerprint density at radius 2 is 2.20 bits per heavy atom. The highest BCUT2D eigenvalue weighted by Gasteiger charge is 2.29. The summed E-state index contributed by atoms with van der Waals surface area (Å²) in [6.07, 6.45) is 7.86. The molecule has 6 nitrogen and oxygen atoms in total. The Labute approximate surface area is 169 Å². The first-order chi connectivity index (χ1) is 11.5. The summed E-state index contributed by atoms with van der Waals surface area (Å²) in [7, 11) is 0. The van der Waals surface area contributed by atoms with E-state index in [-0.39, 0.29) is 36.0 Å². The number of aliphatic imine (C=N–C) groups is 1. The number of hydrogen-bond donors (Lipinski definition) is 2. The smallest absolute Gasteiger partial charge is 0.194 e. The number of aromatic nitrogens is 2. The summed E-state index contributed by atoms with van der Waals surface area (Å²) in [5.41, 5.74) is -0.145. The molecule has 1 aromatic rings. The van der Waals surface area contributed by atoms with Crippen molar-refractivity contribution in [1.82, 2.24) is 19.8 Å². The second-order valence-electron chi connectivity index (χ2n) is 7.28. The number of guanidine groups is 1. The first-order valence-electron chi connectivity index (χ1n) is 9.14. The standard InChI is InChI=1S/C18H33N5O.HI/c1-5-18(4,13-24)12-21-17(20-6-2)22-9-7-15(3)16(11-22)23-10-8-19-14-23;/h8,10,14-16,24H,5-7,9,11-13H2,1-4H3,(H,20,21);1H. The van der Waals surface area contributed by atoms with Crippen molar-refractivity contribution in [3.05, 3.63) is 18.7 Å². The molecule has 3 atom stereocenters. The van der Waals surface area contributed by atoms with Gasteiger partial charge < -0.3 is 19.9 Å². The second kappa shape index (κ2) is 10.4. The summed E-state index contributed by atoms with van der Waals surface area (Å²) in [4.78, 5) is 11.4. The Morgan fingerprint density at radius 3 is 2.76 bits per heavy atom. The molecule has 0 aliphatic carbocycles. The third-order valence-corrected chi connectivity index (χ3v) is 5.31. The molecule has 0 aromatic carbocycles. The van der Waals surface area contributed by atoms with Crippen molar-refractivity contribution >= 4 is 29.9 Å². The third-order valence-electron chi connectivity index (χ3n) is 5.31. The van der Waals surface area contributed by atoms with Crippen molar-refractivity contribution in [3.8, 4) is 0 Å². The fourth-order valence-corrected chi connectivity index (χ4v) is 3.06. The molecule has 2 N–H and O–H groups in total. The van der Waals surface area contributed by atoms with E-state index in [1.165, 1.54) is 0 Å². The van der Waals surface area contributed by atoms with Crippen LogP contribution in [0.2, 0.25) is 0 Å². The molecule has 0 bridgehead atoms. The fourth-order valence-electron chi connectivity index (χ4n) is 3.06. The number of imidazole rings is 1. The maximum Gasteiger partial charge on any atom is 0.194 e. The highest BCUT2D eigenvalue weighted by Crippen LogP contribution is 2.27. The zero-order valence-electron chi connectivity index (χ0n) is 16.0. The van der Waals surface area contributed by atoms with Gasteiger partial charge in [-0.15, -0.1) is 24.0 Å². The molecule has 1 aliphatic heterocycles. The first kappa shape index (κ1) is 22.2. The van der Waals surface area contributed by atoms with E-state index in [4.69, 9.17) is 4.99 Å². The van der Waals surface area contributed by atoms with E-state index >= 15 is 0 Å². The molecular formula is C18H34IN5O. The lowest BCUT2D eigenvalue weighted by Crippen LogP contribution is -2.49. The van der Waals surface area contributed by atoms with Crippen LogP contribution in [0.1, 0.15) is 46.6 Å². The number of nitrogens with one attached hydrogen (secondary N) is 1. The fraction of sp³-hybridized carbons (Fsp3) is 0.778. The van der Waals surface area contributed by atoms with Crippen LogP contribution in [0.4, 0.5) is 0 Å². The van der Waals surface area contributed by atoms with E-state index in [1.54, 1.807) is 0 Å². The monoisotopic (exact) mass is 463 g/mol. The van der Waals surface area contributed by atoms with Crippen molar-refractivity contribution < 1.29 is 5.11 Å². The summed E-state index contributed by atoms with van der Waals surface area (Å²) >= 11 is 0. The number of likely N-dealkylation sites (tertiary alicyclic amines) is 1. The van der Waals surface area contributed by atoms with Crippen LogP contribution in [0.25, 0.3) is 0 Å². The summed E-state index contributed by atoms with van der Waals surface area (Å²) in [6.45, 7) is 12.2. The molecule has 3 unspecified atom stereocenters. The van der Waals surface area contributed by atoms with Gasteiger partial charge in [0.25, 0.3) is 0 Å².